The average molecular weight is 186 g/mol. The van der Waals surface area contributed by atoms with Gasteiger partial charge in [0.1, 0.15) is 0 Å². The van der Waals surface area contributed by atoms with Crippen LogP contribution >= 0.6 is 0 Å². The minimum Gasteiger partial charge on any atom is -0.0776 e. The zero-order chi connectivity index (χ0) is 9.61. The molecule has 1 fully saturated rings. The van der Waals surface area contributed by atoms with Crippen molar-refractivity contribution >= 4 is 0 Å². The molecule has 1 rings (SSSR count). The van der Waals surface area contributed by atoms with Crippen LogP contribution in [0, 0.1) is 11.3 Å². The summed E-state index contributed by atoms with van der Waals surface area (Å²) < 4.78 is 0. The van der Waals surface area contributed by atoms with Crippen molar-refractivity contribution < 1.29 is 0 Å². The van der Waals surface area contributed by atoms with Crippen LogP contribution in [0.1, 0.15) is 74.1 Å². The smallest absolute Gasteiger partial charge is 0.0354 e. The minimum atomic E-state index is 0. The molecular weight excluding hydrogens is 156 g/mol. The first-order chi connectivity index (χ1) is 5.64. The molecule has 0 unspecified atom stereocenters. The summed E-state index contributed by atoms with van der Waals surface area (Å²) in [5, 5.41) is 0. The summed E-state index contributed by atoms with van der Waals surface area (Å²) >= 11 is 0. The van der Waals surface area contributed by atoms with Gasteiger partial charge in [0.15, 0.2) is 0 Å². The zero-order valence-corrected chi connectivity index (χ0v) is 9.61. The SMILES string of the molecule is C.CC.CCC1CCC(C)(C)CC1. The monoisotopic (exact) mass is 186 g/mol. The largest absolute Gasteiger partial charge is 0.0776 e. The van der Waals surface area contributed by atoms with Crippen LogP contribution in [0.5, 0.6) is 0 Å². The molecule has 0 aliphatic heterocycles. The maximum Gasteiger partial charge on any atom is -0.0354 e. The third-order valence-corrected chi connectivity index (χ3v) is 3.04. The van der Waals surface area contributed by atoms with Crippen LogP contribution in [-0.2, 0) is 0 Å². The van der Waals surface area contributed by atoms with Crippen LogP contribution in [-0.4, -0.2) is 0 Å². The van der Waals surface area contributed by atoms with E-state index in [0.29, 0.717) is 5.41 Å². The van der Waals surface area contributed by atoms with Crippen LogP contribution in [0.3, 0.4) is 0 Å². The predicted molar refractivity (Wildman–Crippen MR) is 64.1 cm³/mol. The van der Waals surface area contributed by atoms with Gasteiger partial charge in [-0.2, -0.15) is 0 Å². The highest BCUT2D eigenvalue weighted by Crippen LogP contribution is 2.38. The van der Waals surface area contributed by atoms with Crippen molar-refractivity contribution in [2.75, 3.05) is 0 Å². The first-order valence-electron chi connectivity index (χ1n) is 5.64. The lowest BCUT2D eigenvalue weighted by atomic mass is 9.72. The molecule has 1 saturated carbocycles. The standard InChI is InChI=1S/C10H20.C2H6.CH4/c1-4-9-5-7-10(2,3)8-6-9;1-2;/h9H,4-8H2,1-3H3;1-2H3;1H4. The molecule has 1 aliphatic rings. The summed E-state index contributed by atoms with van der Waals surface area (Å²) in [6, 6.07) is 0. The Labute approximate surface area is 86.1 Å². The van der Waals surface area contributed by atoms with Crippen molar-refractivity contribution in [3.63, 3.8) is 0 Å². The molecule has 0 aromatic carbocycles. The summed E-state index contributed by atoms with van der Waals surface area (Å²) in [7, 11) is 0. The summed E-state index contributed by atoms with van der Waals surface area (Å²) in [5.41, 5.74) is 0.658. The molecule has 0 heterocycles. The van der Waals surface area contributed by atoms with Crippen LogP contribution in [0.15, 0.2) is 0 Å². The molecule has 0 atom stereocenters. The van der Waals surface area contributed by atoms with Crippen molar-refractivity contribution in [2.45, 2.75) is 74.1 Å². The fraction of sp³-hybridized carbons (Fsp3) is 1.00. The Bertz CT molecular complexity index is 92.6. The Kier molecular flexibility index (Phi) is 8.82. The zero-order valence-electron chi connectivity index (χ0n) is 9.61. The number of hydrogen-bond acceptors (Lipinski definition) is 0. The molecule has 0 aromatic heterocycles. The second kappa shape index (κ2) is 7.41. The fourth-order valence-corrected chi connectivity index (χ4v) is 1.87. The number of rotatable bonds is 1. The number of hydrogen-bond donors (Lipinski definition) is 0. The molecule has 0 nitrogen and oxygen atoms in total. The molecule has 0 N–H and O–H groups in total. The van der Waals surface area contributed by atoms with E-state index in [9.17, 15) is 0 Å². The van der Waals surface area contributed by atoms with E-state index in [-0.39, 0.29) is 7.43 Å². The molecule has 0 bridgehead atoms. The van der Waals surface area contributed by atoms with Gasteiger partial charge in [0.05, 0.1) is 0 Å². The van der Waals surface area contributed by atoms with Crippen molar-refractivity contribution in [1.29, 1.82) is 0 Å². The summed E-state index contributed by atoms with van der Waals surface area (Å²) in [5.74, 6) is 1.05. The molecule has 0 saturated heterocycles. The fourth-order valence-electron chi connectivity index (χ4n) is 1.87. The van der Waals surface area contributed by atoms with Crippen molar-refractivity contribution in [2.24, 2.45) is 11.3 Å². The highest BCUT2D eigenvalue weighted by molar-refractivity contribution is 4.77. The Morgan fingerprint density at radius 1 is 1.08 bits per heavy atom. The molecule has 13 heavy (non-hydrogen) atoms. The summed E-state index contributed by atoms with van der Waals surface area (Å²) in [6.07, 6.45) is 7.25. The van der Waals surface area contributed by atoms with E-state index in [1.54, 1.807) is 0 Å². The van der Waals surface area contributed by atoms with Crippen LogP contribution in [0.25, 0.3) is 0 Å². The first-order valence-corrected chi connectivity index (χ1v) is 5.64. The summed E-state index contributed by atoms with van der Waals surface area (Å²) in [6.45, 7) is 11.1. The van der Waals surface area contributed by atoms with Gasteiger partial charge in [-0.1, -0.05) is 48.5 Å². The Hall–Kier alpha value is 0. The van der Waals surface area contributed by atoms with Crippen molar-refractivity contribution in [3.8, 4) is 0 Å². The van der Waals surface area contributed by atoms with E-state index in [2.05, 4.69) is 20.8 Å². The predicted octanol–water partition coefficient (Wildman–Crippen LogP) is 5.28. The lowest BCUT2D eigenvalue weighted by molar-refractivity contribution is 0.188. The molecule has 0 amide bonds. The van der Waals surface area contributed by atoms with Crippen LogP contribution in [0.4, 0.5) is 0 Å². The van der Waals surface area contributed by atoms with E-state index in [4.69, 9.17) is 0 Å². The van der Waals surface area contributed by atoms with E-state index < -0.39 is 0 Å². The molecule has 82 valence electrons. The third kappa shape index (κ3) is 6.12. The van der Waals surface area contributed by atoms with Crippen LogP contribution < -0.4 is 0 Å². The van der Waals surface area contributed by atoms with Crippen LogP contribution in [0.2, 0.25) is 0 Å². The maximum absolute atomic E-state index is 2.40. The molecule has 0 radical (unpaired) electrons. The molecule has 0 spiro atoms. The minimum absolute atomic E-state index is 0. The van der Waals surface area contributed by atoms with E-state index in [1.165, 1.54) is 32.1 Å². The molecule has 0 aromatic rings. The van der Waals surface area contributed by atoms with Gasteiger partial charge in [-0.3, -0.25) is 0 Å². The Morgan fingerprint density at radius 2 is 1.46 bits per heavy atom. The van der Waals surface area contributed by atoms with Gasteiger partial charge in [0.2, 0.25) is 0 Å². The van der Waals surface area contributed by atoms with E-state index in [0.717, 1.165) is 5.92 Å². The maximum atomic E-state index is 2.40. The van der Waals surface area contributed by atoms with Gasteiger partial charge in [-0.15, -0.1) is 0 Å². The van der Waals surface area contributed by atoms with Gasteiger partial charge in [0.25, 0.3) is 0 Å². The average Bonchev–Trinajstić information content (AvgIpc) is 2.08. The van der Waals surface area contributed by atoms with Gasteiger partial charge in [-0.05, 0) is 37.0 Å². The van der Waals surface area contributed by atoms with Gasteiger partial charge >= 0.3 is 0 Å². The third-order valence-electron chi connectivity index (χ3n) is 3.04. The molecule has 1 aliphatic carbocycles. The van der Waals surface area contributed by atoms with E-state index in [1.807, 2.05) is 13.8 Å². The highest BCUT2D eigenvalue weighted by Gasteiger charge is 2.25. The van der Waals surface area contributed by atoms with Gasteiger partial charge in [-0.25, -0.2) is 0 Å². The second-order valence-electron chi connectivity index (χ2n) is 4.52. The Balaban J connectivity index is 0. The van der Waals surface area contributed by atoms with Gasteiger partial charge in [0, 0.05) is 0 Å². The lowest BCUT2D eigenvalue weighted by Gasteiger charge is -2.33. The second-order valence-corrected chi connectivity index (χ2v) is 4.52. The van der Waals surface area contributed by atoms with Crippen molar-refractivity contribution in [1.82, 2.24) is 0 Å². The quantitative estimate of drug-likeness (QED) is 0.523. The Morgan fingerprint density at radius 3 is 1.77 bits per heavy atom. The normalized spacial score (nSPS) is 21.0. The molecular formula is C13H30. The topological polar surface area (TPSA) is 0 Å². The van der Waals surface area contributed by atoms with Crippen molar-refractivity contribution in [3.05, 3.63) is 0 Å². The lowest BCUT2D eigenvalue weighted by Crippen LogP contribution is -2.20. The highest BCUT2D eigenvalue weighted by atomic mass is 14.3. The van der Waals surface area contributed by atoms with Gasteiger partial charge < -0.3 is 0 Å². The summed E-state index contributed by atoms with van der Waals surface area (Å²) in [4.78, 5) is 0. The molecule has 0 heteroatoms. The first kappa shape index (κ1) is 15.5. The van der Waals surface area contributed by atoms with E-state index >= 15 is 0 Å².